The Morgan fingerprint density at radius 3 is 2.93 bits per heavy atom. The predicted molar refractivity (Wildman–Crippen MR) is 105 cm³/mol. The zero-order chi connectivity index (χ0) is 19.7. The minimum atomic E-state index is -0.420. The molecule has 1 amide bonds. The number of carbonyl (C=O) groups is 1. The zero-order valence-corrected chi connectivity index (χ0v) is 15.5. The largest absolute Gasteiger partial charge is 0.300 e. The number of hydrogen-bond donors (Lipinski definition) is 1. The predicted octanol–water partition coefficient (Wildman–Crippen LogP) is 3.41. The lowest BCUT2D eigenvalue weighted by Gasteiger charge is -2.03. The third-order valence-corrected chi connectivity index (χ3v) is 4.92. The standard InChI is InChI=1S/C18H14N6O3S/c1-11-6-7-12(8-16(11)24(26)27)14-10-28-18(19-14)20-17(25)9-23-15-5-3-2-4-13(15)21-22-23/h2-8,10H,9H2,1H3,(H,19,20,25). The van der Waals surface area contributed by atoms with Crippen LogP contribution < -0.4 is 5.32 Å². The summed E-state index contributed by atoms with van der Waals surface area (Å²) in [6, 6.07) is 12.3. The Hall–Kier alpha value is -3.66. The number of carbonyl (C=O) groups excluding carboxylic acids is 1. The van der Waals surface area contributed by atoms with Gasteiger partial charge in [-0.25, -0.2) is 9.67 Å². The molecule has 0 aliphatic heterocycles. The van der Waals surface area contributed by atoms with E-state index >= 15 is 0 Å². The first-order valence-electron chi connectivity index (χ1n) is 8.30. The van der Waals surface area contributed by atoms with Gasteiger partial charge in [-0.05, 0) is 19.1 Å². The van der Waals surface area contributed by atoms with Gasteiger partial charge in [-0.1, -0.05) is 29.5 Å². The Balaban J connectivity index is 1.50. The summed E-state index contributed by atoms with van der Waals surface area (Å²) in [4.78, 5) is 27.4. The van der Waals surface area contributed by atoms with Crippen LogP contribution in [0.2, 0.25) is 0 Å². The van der Waals surface area contributed by atoms with Gasteiger partial charge in [0.15, 0.2) is 5.13 Å². The molecule has 0 unspecified atom stereocenters. The fourth-order valence-electron chi connectivity index (χ4n) is 2.76. The van der Waals surface area contributed by atoms with Crippen molar-refractivity contribution in [2.24, 2.45) is 0 Å². The Bertz CT molecular complexity index is 1200. The maximum absolute atomic E-state index is 12.3. The molecule has 2 heterocycles. The number of amides is 1. The highest BCUT2D eigenvalue weighted by atomic mass is 32.1. The average Bonchev–Trinajstić information content (AvgIpc) is 3.29. The first kappa shape index (κ1) is 17.7. The first-order chi connectivity index (χ1) is 13.5. The number of para-hydroxylation sites is 1. The second-order valence-electron chi connectivity index (χ2n) is 6.08. The SMILES string of the molecule is Cc1ccc(-c2csc(NC(=O)Cn3nnc4ccccc43)n2)cc1[N+](=O)[O-]. The zero-order valence-electron chi connectivity index (χ0n) is 14.7. The lowest BCUT2D eigenvalue weighted by Crippen LogP contribution is -2.19. The van der Waals surface area contributed by atoms with Gasteiger partial charge in [0, 0.05) is 22.6 Å². The molecular weight excluding hydrogens is 380 g/mol. The second-order valence-corrected chi connectivity index (χ2v) is 6.94. The van der Waals surface area contributed by atoms with Gasteiger partial charge in [-0.2, -0.15) is 0 Å². The number of rotatable bonds is 5. The van der Waals surface area contributed by atoms with E-state index in [9.17, 15) is 14.9 Å². The Kier molecular flexibility index (Phi) is 4.53. The van der Waals surface area contributed by atoms with E-state index in [1.165, 1.54) is 22.1 Å². The van der Waals surface area contributed by atoms with Crippen molar-refractivity contribution in [2.75, 3.05) is 5.32 Å². The van der Waals surface area contributed by atoms with Crippen LogP contribution in [0.5, 0.6) is 0 Å². The van der Waals surface area contributed by atoms with E-state index in [0.717, 1.165) is 5.52 Å². The summed E-state index contributed by atoms with van der Waals surface area (Å²) < 4.78 is 1.52. The molecule has 0 atom stereocenters. The Morgan fingerprint density at radius 1 is 1.29 bits per heavy atom. The second kappa shape index (κ2) is 7.16. The number of thiazole rings is 1. The molecule has 0 radical (unpaired) electrons. The Labute approximate surface area is 162 Å². The van der Waals surface area contributed by atoms with Crippen molar-refractivity contribution in [3.8, 4) is 11.3 Å². The number of anilines is 1. The van der Waals surface area contributed by atoms with Gasteiger partial charge in [-0.15, -0.1) is 16.4 Å². The summed E-state index contributed by atoms with van der Waals surface area (Å²) in [5.74, 6) is -0.286. The highest BCUT2D eigenvalue weighted by Gasteiger charge is 2.15. The van der Waals surface area contributed by atoms with Crippen LogP contribution in [0.3, 0.4) is 0 Å². The number of aromatic nitrogens is 4. The smallest absolute Gasteiger partial charge is 0.272 e. The number of fused-ring (bicyclic) bond motifs is 1. The van der Waals surface area contributed by atoms with Crippen LogP contribution in [0, 0.1) is 17.0 Å². The number of nitro benzene ring substituents is 1. The van der Waals surface area contributed by atoms with Gasteiger partial charge in [0.25, 0.3) is 5.69 Å². The summed E-state index contributed by atoms with van der Waals surface area (Å²) in [5, 5.41) is 24.0. The van der Waals surface area contributed by atoms with Crippen molar-refractivity contribution >= 4 is 39.1 Å². The number of hydrogen-bond acceptors (Lipinski definition) is 7. The number of nitro groups is 1. The number of nitrogens with one attached hydrogen (secondary N) is 1. The van der Waals surface area contributed by atoms with Gasteiger partial charge < -0.3 is 5.32 Å². The number of nitrogens with zero attached hydrogens (tertiary/aromatic N) is 5. The molecule has 0 saturated carbocycles. The number of aryl methyl sites for hydroxylation is 1. The van der Waals surface area contributed by atoms with Crippen molar-refractivity contribution in [1.82, 2.24) is 20.0 Å². The van der Waals surface area contributed by atoms with Crippen LogP contribution >= 0.6 is 11.3 Å². The van der Waals surface area contributed by atoms with Gasteiger partial charge >= 0.3 is 0 Å². The van der Waals surface area contributed by atoms with Crippen molar-refractivity contribution in [3.63, 3.8) is 0 Å². The molecule has 2 aromatic carbocycles. The third-order valence-electron chi connectivity index (χ3n) is 4.17. The highest BCUT2D eigenvalue weighted by Crippen LogP contribution is 2.29. The van der Waals surface area contributed by atoms with Crippen molar-refractivity contribution < 1.29 is 9.72 Å². The van der Waals surface area contributed by atoms with E-state index in [1.54, 1.807) is 24.4 Å². The molecule has 140 valence electrons. The molecule has 0 aliphatic rings. The summed E-state index contributed by atoms with van der Waals surface area (Å²) >= 11 is 1.25. The minimum absolute atomic E-state index is 0.00539. The molecule has 0 bridgehead atoms. The molecule has 2 aromatic heterocycles. The molecule has 0 aliphatic carbocycles. The normalized spacial score (nSPS) is 10.9. The minimum Gasteiger partial charge on any atom is -0.300 e. The first-order valence-corrected chi connectivity index (χ1v) is 9.18. The molecule has 0 fully saturated rings. The van der Waals surface area contributed by atoms with Crippen LogP contribution in [0.1, 0.15) is 5.56 Å². The van der Waals surface area contributed by atoms with Crippen molar-refractivity contribution in [3.05, 3.63) is 63.5 Å². The average molecular weight is 394 g/mol. The summed E-state index contributed by atoms with van der Waals surface area (Å²) in [7, 11) is 0. The molecule has 9 nitrogen and oxygen atoms in total. The van der Waals surface area contributed by atoms with E-state index in [-0.39, 0.29) is 18.1 Å². The van der Waals surface area contributed by atoms with Gasteiger partial charge in [-0.3, -0.25) is 14.9 Å². The molecule has 4 rings (SSSR count). The molecule has 0 saturated heterocycles. The fourth-order valence-corrected chi connectivity index (χ4v) is 3.49. The van der Waals surface area contributed by atoms with E-state index in [2.05, 4.69) is 20.6 Å². The van der Waals surface area contributed by atoms with Crippen LogP contribution in [0.25, 0.3) is 22.3 Å². The van der Waals surface area contributed by atoms with Crippen molar-refractivity contribution in [2.45, 2.75) is 13.5 Å². The maximum Gasteiger partial charge on any atom is 0.272 e. The number of benzene rings is 2. The van der Waals surface area contributed by atoms with E-state index in [1.807, 2.05) is 24.3 Å². The van der Waals surface area contributed by atoms with Gasteiger partial charge in [0.1, 0.15) is 12.1 Å². The van der Waals surface area contributed by atoms with E-state index in [4.69, 9.17) is 0 Å². The van der Waals surface area contributed by atoms with E-state index < -0.39 is 4.92 Å². The molecule has 0 spiro atoms. The van der Waals surface area contributed by atoms with Gasteiger partial charge in [0.2, 0.25) is 5.91 Å². The maximum atomic E-state index is 12.3. The summed E-state index contributed by atoms with van der Waals surface area (Å²) in [6.07, 6.45) is 0. The quantitative estimate of drug-likeness (QED) is 0.410. The van der Waals surface area contributed by atoms with Crippen LogP contribution in [-0.2, 0) is 11.3 Å². The summed E-state index contributed by atoms with van der Waals surface area (Å²) in [5.41, 5.74) is 3.29. The van der Waals surface area contributed by atoms with Crippen LogP contribution in [0.15, 0.2) is 47.8 Å². The van der Waals surface area contributed by atoms with Gasteiger partial charge in [0.05, 0.1) is 16.1 Å². The molecule has 1 N–H and O–H groups in total. The lowest BCUT2D eigenvalue weighted by atomic mass is 10.1. The van der Waals surface area contributed by atoms with Crippen LogP contribution in [0.4, 0.5) is 10.8 Å². The molecule has 10 heteroatoms. The highest BCUT2D eigenvalue weighted by molar-refractivity contribution is 7.14. The third kappa shape index (κ3) is 3.45. The Morgan fingerprint density at radius 2 is 2.11 bits per heavy atom. The van der Waals surface area contributed by atoms with E-state index in [0.29, 0.717) is 27.5 Å². The summed E-state index contributed by atoms with van der Waals surface area (Å²) in [6.45, 7) is 1.69. The molecule has 4 aromatic rings. The lowest BCUT2D eigenvalue weighted by molar-refractivity contribution is -0.385. The fraction of sp³-hybridized carbons (Fsp3) is 0.111. The monoisotopic (exact) mass is 394 g/mol. The molecule has 28 heavy (non-hydrogen) atoms. The topological polar surface area (TPSA) is 116 Å². The van der Waals surface area contributed by atoms with Crippen molar-refractivity contribution in [1.29, 1.82) is 0 Å². The molecular formula is C18H14N6O3S. The van der Waals surface area contributed by atoms with Crippen LogP contribution in [-0.4, -0.2) is 30.8 Å².